The van der Waals surface area contributed by atoms with Crippen molar-refractivity contribution in [1.82, 2.24) is 0 Å². The maximum atomic E-state index is 10.9. The van der Waals surface area contributed by atoms with Crippen LogP contribution in [0.1, 0.15) is 6.42 Å². The van der Waals surface area contributed by atoms with Gasteiger partial charge in [-0.1, -0.05) is 0 Å². The summed E-state index contributed by atoms with van der Waals surface area (Å²) in [6, 6.07) is 0. The normalized spacial score (nSPS) is 22.8. The summed E-state index contributed by atoms with van der Waals surface area (Å²) in [4.78, 5) is 14.6. The summed E-state index contributed by atoms with van der Waals surface area (Å²) in [6.07, 6.45) is 1.73. The fourth-order valence-electron chi connectivity index (χ4n) is 1.72. The molecule has 0 saturated carbocycles. The molecule has 64 valence electrons. The van der Waals surface area contributed by atoms with Crippen LogP contribution in [0.3, 0.4) is 0 Å². The predicted molar refractivity (Wildman–Crippen MR) is 43.4 cm³/mol. The van der Waals surface area contributed by atoms with E-state index in [1.54, 1.807) is 0 Å². The monoisotopic (exact) mass is 176 g/mol. The van der Waals surface area contributed by atoms with Crippen molar-refractivity contribution in [2.24, 2.45) is 4.99 Å². The van der Waals surface area contributed by atoms with Crippen LogP contribution in [0.25, 0.3) is 0 Å². The van der Waals surface area contributed by atoms with Gasteiger partial charge in [-0.05, 0) is 0 Å². The molecule has 3 aliphatic rings. The molecule has 1 N–H and O–H groups in total. The van der Waals surface area contributed by atoms with Gasteiger partial charge in [0, 0.05) is 11.8 Å². The molecule has 0 atom stereocenters. The van der Waals surface area contributed by atoms with Gasteiger partial charge >= 0.3 is 11.7 Å². The number of carboxylic acids is 1. The highest BCUT2D eigenvalue weighted by molar-refractivity contribution is 6.18. The third-order valence-corrected chi connectivity index (χ3v) is 2.40. The number of hydrogen-bond acceptors (Lipinski definition) is 3. The van der Waals surface area contributed by atoms with Gasteiger partial charge < -0.3 is 10.3 Å². The number of aliphatic imine (C=N–C) groups is 1. The lowest BCUT2D eigenvalue weighted by atomic mass is 10.1. The Kier molecular flexibility index (Phi) is 0.866. The molecule has 0 aromatic heterocycles. The first-order chi connectivity index (χ1) is 6.20. The van der Waals surface area contributed by atoms with Gasteiger partial charge in [-0.25, -0.2) is 9.79 Å². The Morgan fingerprint density at radius 1 is 1.69 bits per heavy atom. The van der Waals surface area contributed by atoms with Crippen molar-refractivity contribution in [3.05, 3.63) is 27.7 Å². The number of carboxylic acid groups (broad SMARTS) is 1. The van der Waals surface area contributed by atoms with Crippen LogP contribution in [-0.2, 0) is 4.79 Å². The molecule has 0 aromatic carbocycles. The van der Waals surface area contributed by atoms with E-state index in [1.165, 1.54) is 6.21 Å². The van der Waals surface area contributed by atoms with E-state index in [0.29, 0.717) is 29.1 Å². The molecule has 5 nitrogen and oxygen atoms in total. The van der Waals surface area contributed by atoms with E-state index in [0.717, 1.165) is 4.74 Å². The molecule has 0 saturated heterocycles. The Hall–Kier alpha value is -1.91. The first-order valence-corrected chi connectivity index (χ1v) is 3.79. The van der Waals surface area contributed by atoms with Crippen molar-refractivity contribution in [1.29, 1.82) is 0 Å². The van der Waals surface area contributed by atoms with Crippen molar-refractivity contribution >= 4 is 17.9 Å². The maximum Gasteiger partial charge on any atom is 0.337 e. The number of fused-ring (bicyclic) bond motifs is 2. The van der Waals surface area contributed by atoms with Crippen LogP contribution in [-0.4, -0.2) is 27.7 Å². The molecule has 0 unspecified atom stereocenters. The summed E-state index contributed by atoms with van der Waals surface area (Å²) in [5, 5.41) is 19.7. The molecule has 0 aromatic rings. The molecule has 1 aliphatic carbocycles. The molecule has 13 heavy (non-hydrogen) atoms. The second kappa shape index (κ2) is 1.71. The second-order valence-corrected chi connectivity index (χ2v) is 3.07. The van der Waals surface area contributed by atoms with Crippen molar-refractivity contribution < 1.29 is 14.6 Å². The lowest BCUT2D eigenvalue weighted by molar-refractivity contribution is -0.324. The smallest absolute Gasteiger partial charge is 0.337 e. The molecule has 0 spiro atoms. The number of hydrogen-bond donors (Lipinski definition) is 1. The van der Waals surface area contributed by atoms with Gasteiger partial charge in [-0.3, -0.25) is 0 Å². The Morgan fingerprint density at radius 2 is 2.46 bits per heavy atom. The van der Waals surface area contributed by atoms with Crippen molar-refractivity contribution in [3.63, 3.8) is 0 Å². The summed E-state index contributed by atoms with van der Waals surface area (Å²) in [5.74, 6) is -0.978. The standard InChI is InChI=1S/C8H4N2O3/c11-8(12)4-2-9-6-3(4)1-5-7(6)10(5)13/h2H,1H2,(H,11,12). The molecular formula is C8H4N2O3. The van der Waals surface area contributed by atoms with Crippen LogP contribution in [0.4, 0.5) is 0 Å². The van der Waals surface area contributed by atoms with E-state index in [-0.39, 0.29) is 5.57 Å². The average molecular weight is 176 g/mol. The Labute approximate surface area is 72.6 Å². The topological polar surface area (TPSA) is 75.7 Å². The molecule has 2 heterocycles. The molecule has 2 aliphatic heterocycles. The fraction of sp³-hybridized carbons (Fsp3) is 0.125. The minimum Gasteiger partial charge on any atom is -0.618 e. The van der Waals surface area contributed by atoms with Crippen LogP contribution in [0, 0.1) is 5.21 Å². The summed E-state index contributed by atoms with van der Waals surface area (Å²) in [6.45, 7) is 0. The minimum absolute atomic E-state index is 0.218. The van der Waals surface area contributed by atoms with Gasteiger partial charge in [-0.2, -0.15) is 4.74 Å². The average Bonchev–Trinajstić information content (AvgIpc) is 2.49. The zero-order chi connectivity index (χ0) is 9.16. The van der Waals surface area contributed by atoms with Gasteiger partial charge in [0.25, 0.3) is 5.71 Å². The zero-order valence-electron chi connectivity index (χ0n) is 6.44. The Morgan fingerprint density at radius 3 is 3.15 bits per heavy atom. The van der Waals surface area contributed by atoms with Gasteiger partial charge in [0.1, 0.15) is 5.70 Å². The van der Waals surface area contributed by atoms with Gasteiger partial charge in [0.05, 0.1) is 12.0 Å². The van der Waals surface area contributed by atoms with Crippen LogP contribution in [0.2, 0.25) is 0 Å². The van der Waals surface area contributed by atoms with Crippen molar-refractivity contribution in [2.75, 3.05) is 0 Å². The van der Waals surface area contributed by atoms with Crippen LogP contribution >= 0.6 is 0 Å². The van der Waals surface area contributed by atoms with Crippen LogP contribution < -0.4 is 0 Å². The van der Waals surface area contributed by atoms with E-state index in [4.69, 9.17) is 5.11 Å². The van der Waals surface area contributed by atoms with Crippen LogP contribution in [0.15, 0.2) is 27.5 Å². The Bertz CT molecular complexity index is 480. The second-order valence-electron chi connectivity index (χ2n) is 3.07. The molecule has 3 rings (SSSR count). The molecular weight excluding hydrogens is 172 g/mol. The molecule has 0 radical (unpaired) electrons. The summed E-state index contributed by atoms with van der Waals surface area (Å²) in [7, 11) is 0. The van der Waals surface area contributed by atoms with E-state index < -0.39 is 5.97 Å². The highest BCUT2D eigenvalue weighted by atomic mass is 16.5. The third-order valence-electron chi connectivity index (χ3n) is 2.40. The van der Waals surface area contributed by atoms with Gasteiger partial charge in [0.2, 0.25) is 0 Å². The number of nitrogens with zero attached hydrogens (tertiary/aromatic N) is 2. The highest BCUT2D eigenvalue weighted by Gasteiger charge is 2.52. The predicted octanol–water partition coefficient (Wildman–Crippen LogP) is 0.0322. The highest BCUT2D eigenvalue weighted by Crippen LogP contribution is 2.42. The van der Waals surface area contributed by atoms with Crippen molar-refractivity contribution in [3.8, 4) is 0 Å². The quantitative estimate of drug-likeness (QED) is 0.452. The first kappa shape index (κ1) is 6.59. The zero-order valence-corrected chi connectivity index (χ0v) is 6.44. The summed E-state index contributed by atoms with van der Waals surface area (Å²) in [5.41, 5.74) is 2.70. The third kappa shape index (κ3) is 0.603. The number of aliphatic carboxylic acids is 1. The van der Waals surface area contributed by atoms with E-state index in [2.05, 4.69) is 4.99 Å². The molecule has 0 bridgehead atoms. The van der Waals surface area contributed by atoms with E-state index in [9.17, 15) is 10.0 Å². The minimum atomic E-state index is -0.978. The molecule has 0 amide bonds. The number of hydroxylamine groups is 1. The largest absolute Gasteiger partial charge is 0.618 e. The summed E-state index contributed by atoms with van der Waals surface area (Å²) < 4.78 is 0.807. The first-order valence-electron chi connectivity index (χ1n) is 3.79. The number of allylic oxidation sites excluding steroid dienone is 2. The van der Waals surface area contributed by atoms with E-state index in [1.807, 2.05) is 0 Å². The number of rotatable bonds is 1. The Balaban J connectivity index is 2.16. The molecule has 5 heteroatoms. The SMILES string of the molecule is O=C(O)C1=C2CC3=[N+]([O-])C3=C2N=C1. The maximum absolute atomic E-state index is 10.9. The lowest BCUT2D eigenvalue weighted by Crippen LogP contribution is -2.02. The lowest BCUT2D eigenvalue weighted by Gasteiger charge is -1.94. The van der Waals surface area contributed by atoms with Gasteiger partial charge in [-0.15, -0.1) is 0 Å². The fourth-order valence-corrected chi connectivity index (χ4v) is 1.72. The number of carbonyl (C=O) groups is 1. The van der Waals surface area contributed by atoms with E-state index >= 15 is 0 Å². The van der Waals surface area contributed by atoms with Crippen molar-refractivity contribution in [2.45, 2.75) is 6.42 Å². The van der Waals surface area contributed by atoms with Crippen LogP contribution in [0.5, 0.6) is 0 Å². The molecule has 0 fully saturated rings. The van der Waals surface area contributed by atoms with Gasteiger partial charge in [0.15, 0.2) is 0 Å². The summed E-state index contributed by atoms with van der Waals surface area (Å²) >= 11 is 0.